The van der Waals surface area contributed by atoms with Crippen LogP contribution in [0.4, 0.5) is 5.13 Å². The lowest BCUT2D eigenvalue weighted by Crippen LogP contribution is -2.13. The highest BCUT2D eigenvalue weighted by Crippen LogP contribution is 2.31. The molecule has 2 aromatic carbocycles. The van der Waals surface area contributed by atoms with E-state index >= 15 is 0 Å². The summed E-state index contributed by atoms with van der Waals surface area (Å²) in [5.41, 5.74) is 5.15. The maximum atomic E-state index is 12.9. The second-order valence-corrected chi connectivity index (χ2v) is 7.43. The Labute approximate surface area is 165 Å². The van der Waals surface area contributed by atoms with Gasteiger partial charge in [0.05, 0.1) is 16.8 Å². The molecule has 136 valence electrons. The number of hydrogen-bond donors (Lipinski definition) is 2. The number of fused-ring (bicyclic) bond motifs is 2. The topological polar surface area (TPSA) is 70.7 Å². The van der Waals surface area contributed by atoms with Crippen molar-refractivity contribution >= 4 is 44.2 Å². The first-order valence-electron chi connectivity index (χ1n) is 8.89. The molecule has 1 amide bonds. The Kier molecular flexibility index (Phi) is 3.91. The van der Waals surface area contributed by atoms with Crippen LogP contribution in [0.15, 0.2) is 66.2 Å². The summed E-state index contributed by atoms with van der Waals surface area (Å²) < 4.78 is 0. The van der Waals surface area contributed by atoms with Crippen molar-refractivity contribution in [3.8, 4) is 11.3 Å². The number of aromatic nitrogens is 3. The van der Waals surface area contributed by atoms with Gasteiger partial charge in [-0.3, -0.25) is 15.1 Å². The fourth-order valence-corrected chi connectivity index (χ4v) is 4.10. The lowest BCUT2D eigenvalue weighted by atomic mass is 10.1. The van der Waals surface area contributed by atoms with E-state index in [9.17, 15) is 4.79 Å². The molecule has 0 aliphatic rings. The molecule has 3 heterocycles. The van der Waals surface area contributed by atoms with E-state index in [1.54, 1.807) is 0 Å². The van der Waals surface area contributed by atoms with Gasteiger partial charge in [-0.2, -0.15) is 0 Å². The second kappa shape index (κ2) is 6.58. The van der Waals surface area contributed by atoms with E-state index in [2.05, 4.69) is 26.3 Å². The van der Waals surface area contributed by atoms with Gasteiger partial charge in [0, 0.05) is 39.1 Å². The van der Waals surface area contributed by atoms with Crippen LogP contribution in [-0.2, 0) is 0 Å². The summed E-state index contributed by atoms with van der Waals surface area (Å²) in [4.78, 5) is 25.3. The molecule has 0 spiro atoms. The molecule has 0 atom stereocenters. The van der Waals surface area contributed by atoms with E-state index in [4.69, 9.17) is 0 Å². The van der Waals surface area contributed by atoms with Crippen LogP contribution in [0.2, 0.25) is 0 Å². The predicted molar refractivity (Wildman–Crippen MR) is 114 cm³/mol. The Morgan fingerprint density at radius 2 is 1.82 bits per heavy atom. The fraction of sp³-hybridized carbons (Fsp3) is 0.0455. The third-order valence-corrected chi connectivity index (χ3v) is 5.44. The van der Waals surface area contributed by atoms with Crippen molar-refractivity contribution in [3.63, 3.8) is 0 Å². The Morgan fingerprint density at radius 1 is 1.04 bits per heavy atom. The third kappa shape index (κ3) is 2.84. The Hall–Kier alpha value is -3.51. The maximum absolute atomic E-state index is 12.9. The van der Waals surface area contributed by atoms with Crippen LogP contribution in [0, 0.1) is 6.92 Å². The number of anilines is 1. The number of amides is 1. The van der Waals surface area contributed by atoms with Crippen molar-refractivity contribution in [1.82, 2.24) is 15.0 Å². The minimum atomic E-state index is -0.179. The molecule has 5 rings (SSSR count). The highest BCUT2D eigenvalue weighted by atomic mass is 32.1. The molecule has 0 saturated heterocycles. The van der Waals surface area contributed by atoms with Crippen LogP contribution in [0.1, 0.15) is 16.1 Å². The maximum Gasteiger partial charge on any atom is 0.258 e. The number of carbonyl (C=O) groups excluding carboxylic acids is 1. The normalized spacial score (nSPS) is 11.2. The minimum absolute atomic E-state index is 0.179. The SMILES string of the molecule is Cc1cc(C(=O)Nc2nc(-c3c[nH]c4ccccc34)cs2)c2ccccc2n1. The van der Waals surface area contributed by atoms with Crippen molar-refractivity contribution in [3.05, 3.63) is 77.4 Å². The standard InChI is InChI=1S/C22H16N4OS/c1-13-10-16(14-6-3-5-9-19(14)24-13)21(27)26-22-25-20(12-28-22)17-11-23-18-8-4-2-7-15(17)18/h2-12,23H,1H3,(H,25,26,27). The molecule has 3 aromatic heterocycles. The number of thiazole rings is 1. The molecule has 28 heavy (non-hydrogen) atoms. The van der Waals surface area contributed by atoms with E-state index in [0.29, 0.717) is 10.7 Å². The van der Waals surface area contributed by atoms with Crippen molar-refractivity contribution < 1.29 is 4.79 Å². The monoisotopic (exact) mass is 384 g/mol. The summed E-state index contributed by atoms with van der Waals surface area (Å²) in [6.45, 7) is 1.89. The van der Waals surface area contributed by atoms with Gasteiger partial charge in [0.1, 0.15) is 0 Å². The van der Waals surface area contributed by atoms with Gasteiger partial charge in [-0.1, -0.05) is 36.4 Å². The van der Waals surface area contributed by atoms with Gasteiger partial charge in [0.25, 0.3) is 5.91 Å². The van der Waals surface area contributed by atoms with Gasteiger partial charge >= 0.3 is 0 Å². The molecule has 5 aromatic rings. The number of pyridine rings is 1. The van der Waals surface area contributed by atoms with Crippen LogP contribution in [-0.4, -0.2) is 20.9 Å². The van der Waals surface area contributed by atoms with Crippen molar-refractivity contribution in [1.29, 1.82) is 0 Å². The van der Waals surface area contributed by atoms with E-state index in [0.717, 1.165) is 38.8 Å². The molecular weight excluding hydrogens is 368 g/mol. The number of benzene rings is 2. The molecule has 0 saturated carbocycles. The van der Waals surface area contributed by atoms with Crippen molar-refractivity contribution in [2.75, 3.05) is 5.32 Å². The summed E-state index contributed by atoms with van der Waals surface area (Å²) >= 11 is 1.42. The number of nitrogens with one attached hydrogen (secondary N) is 2. The quantitative estimate of drug-likeness (QED) is 0.437. The van der Waals surface area contributed by atoms with Gasteiger partial charge in [0.2, 0.25) is 0 Å². The number of H-pyrrole nitrogens is 1. The fourth-order valence-electron chi connectivity index (χ4n) is 3.40. The highest BCUT2D eigenvalue weighted by molar-refractivity contribution is 7.14. The van der Waals surface area contributed by atoms with Gasteiger partial charge in [-0.25, -0.2) is 4.98 Å². The number of hydrogen-bond acceptors (Lipinski definition) is 4. The van der Waals surface area contributed by atoms with Crippen molar-refractivity contribution in [2.24, 2.45) is 0 Å². The Morgan fingerprint density at radius 3 is 2.71 bits per heavy atom. The van der Waals surface area contributed by atoms with Gasteiger partial charge < -0.3 is 4.98 Å². The van der Waals surface area contributed by atoms with Gasteiger partial charge in [-0.05, 0) is 25.1 Å². The minimum Gasteiger partial charge on any atom is -0.360 e. The summed E-state index contributed by atoms with van der Waals surface area (Å²) in [5, 5.41) is 7.42. The van der Waals surface area contributed by atoms with Crippen LogP contribution in [0.25, 0.3) is 33.1 Å². The van der Waals surface area contributed by atoms with Crippen molar-refractivity contribution in [2.45, 2.75) is 6.92 Å². The zero-order valence-electron chi connectivity index (χ0n) is 15.1. The van der Waals surface area contributed by atoms with Crippen LogP contribution < -0.4 is 5.32 Å². The summed E-state index contributed by atoms with van der Waals surface area (Å²) in [5.74, 6) is -0.179. The van der Waals surface area contributed by atoms with Gasteiger partial charge in [0.15, 0.2) is 5.13 Å². The van der Waals surface area contributed by atoms with Crippen LogP contribution >= 0.6 is 11.3 Å². The number of aryl methyl sites for hydroxylation is 1. The number of nitrogens with zero attached hydrogens (tertiary/aromatic N) is 2. The van der Waals surface area contributed by atoms with Crippen LogP contribution in [0.5, 0.6) is 0 Å². The van der Waals surface area contributed by atoms with E-state index in [1.165, 1.54) is 11.3 Å². The zero-order valence-corrected chi connectivity index (χ0v) is 15.9. The molecule has 6 heteroatoms. The number of rotatable bonds is 3. The average molecular weight is 384 g/mol. The smallest absolute Gasteiger partial charge is 0.258 e. The predicted octanol–water partition coefficient (Wildman–Crippen LogP) is 5.40. The Bertz CT molecular complexity index is 1330. The first kappa shape index (κ1) is 16.6. The lowest BCUT2D eigenvalue weighted by molar-refractivity contribution is 0.102. The molecule has 0 radical (unpaired) electrons. The molecule has 5 nitrogen and oxygen atoms in total. The molecule has 0 aliphatic heterocycles. The average Bonchev–Trinajstić information content (AvgIpc) is 3.33. The second-order valence-electron chi connectivity index (χ2n) is 6.57. The number of aromatic amines is 1. The molecular formula is C22H16N4OS. The summed E-state index contributed by atoms with van der Waals surface area (Å²) in [6.07, 6.45) is 1.95. The summed E-state index contributed by atoms with van der Waals surface area (Å²) in [7, 11) is 0. The first-order valence-corrected chi connectivity index (χ1v) is 9.77. The third-order valence-electron chi connectivity index (χ3n) is 4.68. The van der Waals surface area contributed by atoms with Crippen LogP contribution in [0.3, 0.4) is 0 Å². The van der Waals surface area contributed by atoms with E-state index in [1.807, 2.05) is 67.0 Å². The molecule has 0 bridgehead atoms. The first-order chi connectivity index (χ1) is 13.7. The summed E-state index contributed by atoms with van der Waals surface area (Å²) in [6, 6.07) is 17.6. The lowest BCUT2D eigenvalue weighted by Gasteiger charge is -2.07. The molecule has 0 fully saturated rings. The van der Waals surface area contributed by atoms with E-state index in [-0.39, 0.29) is 5.91 Å². The molecule has 0 unspecified atom stereocenters. The number of carbonyl (C=O) groups is 1. The number of para-hydroxylation sites is 2. The molecule has 0 aliphatic carbocycles. The molecule has 2 N–H and O–H groups in total. The zero-order chi connectivity index (χ0) is 19.1. The largest absolute Gasteiger partial charge is 0.360 e. The highest BCUT2D eigenvalue weighted by Gasteiger charge is 2.15. The Balaban J connectivity index is 1.47. The van der Waals surface area contributed by atoms with E-state index < -0.39 is 0 Å². The van der Waals surface area contributed by atoms with Gasteiger partial charge in [-0.15, -0.1) is 11.3 Å².